The molecule has 0 saturated carbocycles. The minimum Gasteiger partial charge on any atom is -0.493 e. The van der Waals surface area contributed by atoms with E-state index >= 15 is 0 Å². The number of hydrogen-bond donors (Lipinski definition) is 3. The first kappa shape index (κ1) is 21.3. The van der Waals surface area contributed by atoms with Crippen LogP contribution in [-0.4, -0.2) is 48.2 Å². The second-order valence-corrected chi connectivity index (χ2v) is 6.63. The van der Waals surface area contributed by atoms with E-state index < -0.39 is 0 Å². The van der Waals surface area contributed by atoms with Gasteiger partial charge in [-0.1, -0.05) is 12.8 Å². The minimum absolute atomic E-state index is 0.354. The van der Waals surface area contributed by atoms with Gasteiger partial charge in [-0.2, -0.15) is 0 Å². The summed E-state index contributed by atoms with van der Waals surface area (Å²) in [4.78, 5) is 20.9. The Hall–Kier alpha value is -3.40. The highest BCUT2D eigenvalue weighted by Gasteiger charge is 2.14. The number of fused-ring (bicyclic) bond motifs is 1. The number of amides is 2. The maximum Gasteiger partial charge on any atom is 0.332 e. The highest BCUT2D eigenvalue weighted by atomic mass is 32.1. The molecule has 0 spiro atoms. The summed E-state index contributed by atoms with van der Waals surface area (Å²) in [5, 5.41) is 5.96. The number of nitrogens with zero attached hydrogens (tertiary/aromatic N) is 3. The molecular formula is C20H23N5O4S. The molecule has 3 rings (SSSR count). The molecule has 2 aromatic heterocycles. The van der Waals surface area contributed by atoms with E-state index in [1.54, 1.807) is 51.8 Å². The number of hydrogen-bond acceptors (Lipinski definition) is 8. The predicted molar refractivity (Wildman–Crippen MR) is 119 cm³/mol. The van der Waals surface area contributed by atoms with Gasteiger partial charge in [0.05, 0.1) is 44.2 Å². The maximum absolute atomic E-state index is 12.0. The van der Waals surface area contributed by atoms with Crippen LogP contribution in [-0.2, 0) is 0 Å². The lowest BCUT2D eigenvalue weighted by molar-refractivity contribution is 0.240. The standard InChI is InChI=1S/C20H23N5O4S/c1-5-25(30)20(26)24-18-7-6-14-15(23-18)8-13(11-21-14)22-12-9-16(27-2)19(29-4)17(10-12)28-3/h6-11,22,30H,5H2,1-4H3,(H,23,24,26). The summed E-state index contributed by atoms with van der Waals surface area (Å²) >= 11 is 4.09. The summed E-state index contributed by atoms with van der Waals surface area (Å²) in [7, 11) is 4.67. The zero-order valence-corrected chi connectivity index (χ0v) is 18.0. The molecule has 2 amide bonds. The number of anilines is 3. The molecule has 0 atom stereocenters. The number of pyridine rings is 2. The lowest BCUT2D eigenvalue weighted by atomic mass is 10.2. The molecule has 158 valence electrons. The second-order valence-electron chi connectivity index (χ2n) is 6.14. The highest BCUT2D eigenvalue weighted by Crippen LogP contribution is 2.40. The van der Waals surface area contributed by atoms with Crippen molar-refractivity contribution in [2.24, 2.45) is 0 Å². The molecule has 0 radical (unpaired) electrons. The van der Waals surface area contributed by atoms with Gasteiger partial charge in [-0.25, -0.2) is 9.78 Å². The molecule has 0 unspecified atom stereocenters. The van der Waals surface area contributed by atoms with Crippen molar-refractivity contribution < 1.29 is 19.0 Å². The normalized spacial score (nSPS) is 10.4. The van der Waals surface area contributed by atoms with E-state index in [9.17, 15) is 4.79 Å². The third-order valence-corrected chi connectivity index (χ3v) is 4.72. The monoisotopic (exact) mass is 429 g/mol. The zero-order chi connectivity index (χ0) is 21.7. The van der Waals surface area contributed by atoms with Crippen molar-refractivity contribution in [3.8, 4) is 17.2 Å². The number of carbonyl (C=O) groups excluding carboxylic acids is 1. The van der Waals surface area contributed by atoms with Crippen molar-refractivity contribution in [2.45, 2.75) is 6.92 Å². The van der Waals surface area contributed by atoms with Crippen molar-refractivity contribution >= 4 is 47.1 Å². The fourth-order valence-electron chi connectivity index (χ4n) is 2.78. The summed E-state index contributed by atoms with van der Waals surface area (Å²) in [6.07, 6.45) is 1.69. The molecule has 2 heterocycles. The van der Waals surface area contributed by atoms with Gasteiger partial charge in [0.25, 0.3) is 0 Å². The first-order valence-corrected chi connectivity index (χ1v) is 9.50. The smallest absolute Gasteiger partial charge is 0.332 e. The largest absolute Gasteiger partial charge is 0.493 e. The van der Waals surface area contributed by atoms with Gasteiger partial charge in [0.1, 0.15) is 5.82 Å². The van der Waals surface area contributed by atoms with Gasteiger partial charge in [-0.15, -0.1) is 0 Å². The van der Waals surface area contributed by atoms with Crippen molar-refractivity contribution in [1.82, 2.24) is 14.3 Å². The lowest BCUT2D eigenvalue weighted by Crippen LogP contribution is -2.27. The van der Waals surface area contributed by atoms with Gasteiger partial charge in [-0.05, 0) is 25.1 Å². The molecule has 0 saturated heterocycles. The maximum atomic E-state index is 12.0. The number of methoxy groups -OCH3 is 3. The first-order chi connectivity index (χ1) is 14.5. The van der Waals surface area contributed by atoms with E-state index in [-0.39, 0.29) is 6.03 Å². The van der Waals surface area contributed by atoms with E-state index in [2.05, 4.69) is 33.4 Å². The van der Waals surface area contributed by atoms with Crippen molar-refractivity contribution in [2.75, 3.05) is 38.5 Å². The van der Waals surface area contributed by atoms with Crippen LogP contribution in [0.25, 0.3) is 11.0 Å². The Morgan fingerprint density at radius 1 is 1.03 bits per heavy atom. The van der Waals surface area contributed by atoms with Crippen molar-refractivity contribution in [3.05, 3.63) is 36.5 Å². The SMILES string of the molecule is CCN(S)C(=O)Nc1ccc2ncc(Nc3cc(OC)c(OC)c(OC)c3)cc2n1. The fourth-order valence-corrected chi connectivity index (χ4v) is 2.83. The van der Waals surface area contributed by atoms with Crippen LogP contribution in [0.2, 0.25) is 0 Å². The third-order valence-electron chi connectivity index (χ3n) is 4.26. The van der Waals surface area contributed by atoms with Crippen LogP contribution in [0, 0.1) is 0 Å². The molecule has 0 fully saturated rings. The molecule has 2 N–H and O–H groups in total. The Bertz CT molecular complexity index is 1040. The molecule has 1 aromatic carbocycles. The number of ether oxygens (including phenoxy) is 3. The summed E-state index contributed by atoms with van der Waals surface area (Å²) in [5.41, 5.74) is 2.75. The molecule has 30 heavy (non-hydrogen) atoms. The Balaban J connectivity index is 1.89. The number of benzene rings is 1. The Morgan fingerprint density at radius 2 is 1.73 bits per heavy atom. The van der Waals surface area contributed by atoms with E-state index in [4.69, 9.17) is 14.2 Å². The van der Waals surface area contributed by atoms with Crippen LogP contribution in [0.4, 0.5) is 22.0 Å². The summed E-state index contributed by atoms with van der Waals surface area (Å²) in [6, 6.07) is 8.54. The van der Waals surface area contributed by atoms with Crippen LogP contribution >= 0.6 is 12.8 Å². The minimum atomic E-state index is -0.354. The molecule has 0 aliphatic carbocycles. The second kappa shape index (κ2) is 9.40. The molecule has 10 heteroatoms. The van der Waals surface area contributed by atoms with Crippen LogP contribution < -0.4 is 24.8 Å². The molecular weight excluding hydrogens is 406 g/mol. The Morgan fingerprint density at radius 3 is 2.33 bits per heavy atom. The molecule has 9 nitrogen and oxygen atoms in total. The van der Waals surface area contributed by atoms with E-state index in [1.807, 2.05) is 13.0 Å². The topological polar surface area (TPSA) is 97.8 Å². The molecule has 0 aliphatic rings. The average Bonchev–Trinajstić information content (AvgIpc) is 2.77. The van der Waals surface area contributed by atoms with Gasteiger partial charge >= 0.3 is 6.03 Å². The van der Waals surface area contributed by atoms with E-state index in [0.29, 0.717) is 46.3 Å². The number of urea groups is 1. The van der Waals surface area contributed by atoms with Crippen LogP contribution in [0.3, 0.4) is 0 Å². The predicted octanol–water partition coefficient (Wildman–Crippen LogP) is 4.10. The number of carbonyl (C=O) groups is 1. The summed E-state index contributed by atoms with van der Waals surface area (Å²) in [6.45, 7) is 2.29. The van der Waals surface area contributed by atoms with E-state index in [1.165, 1.54) is 4.31 Å². The fraction of sp³-hybridized carbons (Fsp3) is 0.250. The number of nitrogens with one attached hydrogen (secondary N) is 2. The first-order valence-electron chi connectivity index (χ1n) is 9.10. The van der Waals surface area contributed by atoms with Crippen LogP contribution in [0.1, 0.15) is 6.92 Å². The zero-order valence-electron chi connectivity index (χ0n) is 17.1. The average molecular weight is 430 g/mol. The van der Waals surface area contributed by atoms with Crippen molar-refractivity contribution in [3.63, 3.8) is 0 Å². The van der Waals surface area contributed by atoms with Crippen LogP contribution in [0.5, 0.6) is 17.2 Å². The van der Waals surface area contributed by atoms with Gasteiger partial charge in [0, 0.05) is 24.4 Å². The number of rotatable bonds is 7. The molecule has 3 aromatic rings. The summed E-state index contributed by atoms with van der Waals surface area (Å²) < 4.78 is 17.4. The quantitative estimate of drug-likeness (QED) is 0.487. The van der Waals surface area contributed by atoms with Gasteiger partial charge in [-0.3, -0.25) is 14.6 Å². The van der Waals surface area contributed by atoms with Gasteiger partial charge in [0.2, 0.25) is 5.75 Å². The Labute approximate surface area is 179 Å². The third kappa shape index (κ3) is 4.60. The van der Waals surface area contributed by atoms with Crippen molar-refractivity contribution in [1.29, 1.82) is 0 Å². The van der Waals surface area contributed by atoms with Crippen LogP contribution in [0.15, 0.2) is 36.5 Å². The number of aromatic nitrogens is 2. The highest BCUT2D eigenvalue weighted by molar-refractivity contribution is 7.78. The van der Waals surface area contributed by atoms with Gasteiger partial charge in [0.15, 0.2) is 11.5 Å². The molecule has 0 bridgehead atoms. The lowest BCUT2D eigenvalue weighted by Gasteiger charge is -2.15. The number of thiol groups is 1. The van der Waals surface area contributed by atoms with E-state index in [0.717, 1.165) is 5.69 Å². The summed E-state index contributed by atoms with van der Waals surface area (Å²) in [5.74, 6) is 1.98. The molecule has 0 aliphatic heterocycles. The van der Waals surface area contributed by atoms with Gasteiger partial charge < -0.3 is 19.5 Å². The Kier molecular flexibility index (Phi) is 6.68.